The largest absolute Gasteiger partial charge is 0.390 e. The van der Waals surface area contributed by atoms with Crippen molar-refractivity contribution in [2.75, 3.05) is 6.54 Å². The van der Waals surface area contributed by atoms with Crippen molar-refractivity contribution in [3.05, 3.63) is 59.4 Å². The molecule has 174 valence electrons. The van der Waals surface area contributed by atoms with Gasteiger partial charge < -0.3 is 20.7 Å². The highest BCUT2D eigenvalue weighted by atomic mass is 19.1. The van der Waals surface area contributed by atoms with Crippen LogP contribution < -0.4 is 10.6 Å². The average molecular weight is 457 g/mol. The van der Waals surface area contributed by atoms with Gasteiger partial charge >= 0.3 is 6.03 Å². The molecule has 0 unspecified atom stereocenters. The maximum absolute atomic E-state index is 14.5. The van der Waals surface area contributed by atoms with Gasteiger partial charge in [0, 0.05) is 24.0 Å². The van der Waals surface area contributed by atoms with Gasteiger partial charge in [-0.15, -0.1) is 0 Å². The van der Waals surface area contributed by atoms with E-state index in [2.05, 4.69) is 15.6 Å². The van der Waals surface area contributed by atoms with Gasteiger partial charge in [0.1, 0.15) is 17.5 Å². The minimum atomic E-state index is -0.695. The molecule has 0 saturated heterocycles. The molecule has 8 heteroatoms. The van der Waals surface area contributed by atoms with Crippen molar-refractivity contribution in [3.63, 3.8) is 0 Å². The standard InChI is InChI=1S/C25H26F3N3O2/c1-25(33)10-18(11-25)30-24(32)29-12-13-6-15(7-13)21-19-8-17(27)9-20(28)23(19)31-22(21)14-2-4-16(26)5-3-14/h2-5,8-9,13,15,18,31,33H,6-7,10-12H2,1H3,(H2,29,30,32). The number of H-pyrrole nitrogens is 1. The van der Waals surface area contributed by atoms with Crippen LogP contribution in [-0.2, 0) is 0 Å². The Hall–Kier alpha value is -3.00. The van der Waals surface area contributed by atoms with Gasteiger partial charge in [0.2, 0.25) is 0 Å². The van der Waals surface area contributed by atoms with E-state index in [9.17, 15) is 23.1 Å². The summed E-state index contributed by atoms with van der Waals surface area (Å²) in [7, 11) is 0. The summed E-state index contributed by atoms with van der Waals surface area (Å²) in [5, 5.41) is 16.0. The summed E-state index contributed by atoms with van der Waals surface area (Å²) < 4.78 is 41.9. The summed E-state index contributed by atoms with van der Waals surface area (Å²) in [5.41, 5.74) is 1.75. The molecule has 5 nitrogen and oxygen atoms in total. The number of aliphatic hydroxyl groups is 1. The van der Waals surface area contributed by atoms with Crippen LogP contribution in [0.25, 0.3) is 22.2 Å². The van der Waals surface area contributed by atoms with E-state index in [1.54, 1.807) is 19.1 Å². The number of amides is 2. The fourth-order valence-corrected chi connectivity index (χ4v) is 5.22. The van der Waals surface area contributed by atoms with E-state index in [0.29, 0.717) is 36.0 Å². The molecule has 2 aliphatic carbocycles. The van der Waals surface area contributed by atoms with Crippen molar-refractivity contribution in [2.24, 2.45) is 5.92 Å². The molecular formula is C25H26F3N3O2. The van der Waals surface area contributed by atoms with Crippen LogP contribution in [0.2, 0.25) is 0 Å². The number of nitrogens with one attached hydrogen (secondary N) is 3. The Kier molecular flexibility index (Phi) is 5.35. The Morgan fingerprint density at radius 1 is 1.12 bits per heavy atom. The van der Waals surface area contributed by atoms with Crippen LogP contribution in [0.15, 0.2) is 36.4 Å². The molecule has 1 heterocycles. The number of fused-ring (bicyclic) bond motifs is 1. The smallest absolute Gasteiger partial charge is 0.315 e. The number of halogens is 3. The Labute approximate surface area is 189 Å². The van der Waals surface area contributed by atoms with Crippen LogP contribution in [0.5, 0.6) is 0 Å². The number of aromatic nitrogens is 1. The first-order valence-corrected chi connectivity index (χ1v) is 11.2. The van der Waals surface area contributed by atoms with Gasteiger partial charge in [-0.3, -0.25) is 0 Å². The first kappa shape index (κ1) is 21.8. The van der Waals surface area contributed by atoms with E-state index in [1.807, 2.05) is 0 Å². The molecule has 2 saturated carbocycles. The fraction of sp³-hybridized carbons (Fsp3) is 0.400. The maximum Gasteiger partial charge on any atom is 0.315 e. The van der Waals surface area contributed by atoms with E-state index in [1.165, 1.54) is 18.2 Å². The number of benzene rings is 2. The minimum Gasteiger partial charge on any atom is -0.390 e. The topological polar surface area (TPSA) is 77.2 Å². The Morgan fingerprint density at radius 2 is 1.82 bits per heavy atom. The molecule has 5 rings (SSSR count). The van der Waals surface area contributed by atoms with Crippen molar-refractivity contribution in [2.45, 2.75) is 50.2 Å². The van der Waals surface area contributed by atoms with Crippen molar-refractivity contribution >= 4 is 16.9 Å². The predicted octanol–water partition coefficient (Wildman–Crippen LogP) is 4.96. The summed E-state index contributed by atoms with van der Waals surface area (Å²) >= 11 is 0. The lowest BCUT2D eigenvalue weighted by Crippen LogP contribution is -2.55. The Bertz CT molecular complexity index is 1190. The second-order valence-electron chi connectivity index (χ2n) is 9.72. The van der Waals surface area contributed by atoms with Gasteiger partial charge in [0.25, 0.3) is 0 Å². The SMILES string of the molecule is CC1(O)CC(NC(=O)NCC2CC(c3c(-c4ccc(F)cc4)[nH]c4c(F)cc(F)cc34)C2)C1. The van der Waals surface area contributed by atoms with Crippen LogP contribution >= 0.6 is 0 Å². The number of rotatable bonds is 5. The predicted molar refractivity (Wildman–Crippen MR) is 119 cm³/mol. The normalized spacial score (nSPS) is 26.5. The summed E-state index contributed by atoms with van der Waals surface area (Å²) in [4.78, 5) is 15.2. The van der Waals surface area contributed by atoms with E-state index >= 15 is 0 Å². The third-order valence-corrected chi connectivity index (χ3v) is 6.90. The fourth-order valence-electron chi connectivity index (χ4n) is 5.22. The van der Waals surface area contributed by atoms with Crippen LogP contribution in [0.4, 0.5) is 18.0 Å². The summed E-state index contributed by atoms with van der Waals surface area (Å²) in [6, 6.07) is 7.86. The lowest BCUT2D eigenvalue weighted by Gasteiger charge is -2.41. The highest BCUT2D eigenvalue weighted by Crippen LogP contribution is 2.48. The molecule has 2 amide bonds. The zero-order valence-electron chi connectivity index (χ0n) is 18.2. The maximum atomic E-state index is 14.5. The van der Waals surface area contributed by atoms with E-state index in [-0.39, 0.29) is 35.2 Å². The molecule has 2 fully saturated rings. The van der Waals surface area contributed by atoms with E-state index in [0.717, 1.165) is 24.5 Å². The lowest BCUT2D eigenvalue weighted by atomic mass is 9.70. The average Bonchev–Trinajstić information content (AvgIpc) is 3.05. The summed E-state index contributed by atoms with van der Waals surface area (Å²) in [6.45, 7) is 2.25. The number of hydrogen-bond acceptors (Lipinski definition) is 2. The van der Waals surface area contributed by atoms with Crippen molar-refractivity contribution in [1.82, 2.24) is 15.6 Å². The van der Waals surface area contributed by atoms with Crippen molar-refractivity contribution < 1.29 is 23.1 Å². The molecule has 0 bridgehead atoms. The molecule has 2 aliphatic rings. The van der Waals surface area contributed by atoms with Crippen molar-refractivity contribution in [3.8, 4) is 11.3 Å². The van der Waals surface area contributed by atoms with Crippen LogP contribution in [-0.4, -0.2) is 34.3 Å². The second-order valence-corrected chi connectivity index (χ2v) is 9.72. The van der Waals surface area contributed by atoms with Gasteiger partial charge in [0.15, 0.2) is 0 Å². The molecule has 0 atom stereocenters. The molecule has 0 aliphatic heterocycles. The monoisotopic (exact) mass is 457 g/mol. The lowest BCUT2D eigenvalue weighted by molar-refractivity contribution is -0.0355. The number of carbonyl (C=O) groups excluding carboxylic acids is 1. The first-order valence-electron chi connectivity index (χ1n) is 11.2. The molecule has 4 N–H and O–H groups in total. The van der Waals surface area contributed by atoms with Crippen molar-refractivity contribution in [1.29, 1.82) is 0 Å². The minimum absolute atomic E-state index is 0.0107. The number of carbonyl (C=O) groups is 1. The van der Waals surface area contributed by atoms with Gasteiger partial charge in [-0.2, -0.15) is 0 Å². The molecule has 2 aromatic carbocycles. The van der Waals surface area contributed by atoms with Crippen LogP contribution in [0, 0.1) is 23.4 Å². The van der Waals surface area contributed by atoms with Gasteiger partial charge in [-0.05, 0) is 85.9 Å². The summed E-state index contributed by atoms with van der Waals surface area (Å²) in [5.74, 6) is -1.36. The quantitative estimate of drug-likeness (QED) is 0.437. The van der Waals surface area contributed by atoms with Gasteiger partial charge in [-0.25, -0.2) is 18.0 Å². The van der Waals surface area contributed by atoms with Gasteiger partial charge in [-0.1, -0.05) is 0 Å². The molecule has 0 spiro atoms. The Morgan fingerprint density at radius 3 is 2.48 bits per heavy atom. The van der Waals surface area contributed by atoms with E-state index in [4.69, 9.17) is 0 Å². The highest BCUT2D eigenvalue weighted by molar-refractivity contribution is 5.92. The highest BCUT2D eigenvalue weighted by Gasteiger charge is 2.39. The van der Waals surface area contributed by atoms with Crippen LogP contribution in [0.1, 0.15) is 44.1 Å². The molecule has 3 aromatic rings. The third kappa shape index (κ3) is 4.31. The number of aromatic amines is 1. The van der Waals surface area contributed by atoms with E-state index < -0.39 is 17.2 Å². The molecular weight excluding hydrogens is 431 g/mol. The second kappa shape index (κ2) is 8.09. The summed E-state index contributed by atoms with van der Waals surface area (Å²) in [6.07, 6.45) is 2.62. The zero-order valence-corrected chi connectivity index (χ0v) is 18.2. The number of hydrogen-bond donors (Lipinski definition) is 4. The Balaban J connectivity index is 1.29. The molecule has 0 radical (unpaired) electrons. The third-order valence-electron chi connectivity index (χ3n) is 6.90. The first-order chi connectivity index (χ1) is 15.7. The van der Waals surface area contributed by atoms with Crippen LogP contribution in [0.3, 0.4) is 0 Å². The molecule has 1 aromatic heterocycles. The zero-order chi connectivity index (χ0) is 23.3. The van der Waals surface area contributed by atoms with Gasteiger partial charge in [0.05, 0.1) is 16.8 Å². The number of urea groups is 1. The molecule has 33 heavy (non-hydrogen) atoms.